The molecule has 2 heterocycles. The van der Waals surface area contributed by atoms with E-state index in [1.54, 1.807) is 12.1 Å². The topological polar surface area (TPSA) is 41.9 Å². The van der Waals surface area contributed by atoms with Crippen molar-refractivity contribution in [3.8, 4) is 11.5 Å². The summed E-state index contributed by atoms with van der Waals surface area (Å²) in [5.41, 5.74) is 1.03. The van der Waals surface area contributed by atoms with Gasteiger partial charge in [0.2, 0.25) is 0 Å². The summed E-state index contributed by atoms with van der Waals surface area (Å²) in [7, 11) is 0. The minimum atomic E-state index is -0.622. The molecule has 4 rings (SSSR count). The van der Waals surface area contributed by atoms with E-state index in [9.17, 15) is 9.50 Å². The van der Waals surface area contributed by atoms with Crippen LogP contribution in [-0.2, 0) is 6.42 Å². The number of halogens is 2. The van der Waals surface area contributed by atoms with Gasteiger partial charge in [0, 0.05) is 50.0 Å². The average molecular weight is 392 g/mol. The average Bonchev–Trinajstić information content (AvgIpc) is 2.99. The predicted molar refractivity (Wildman–Crippen MR) is 102 cm³/mol. The molecular formula is C21H23ClFNO3. The molecule has 0 unspecified atom stereocenters. The Hall–Kier alpha value is -1.82. The summed E-state index contributed by atoms with van der Waals surface area (Å²) in [6.07, 6.45) is 2.10. The number of piperidine rings is 1. The van der Waals surface area contributed by atoms with Crippen molar-refractivity contribution in [3.63, 3.8) is 0 Å². The summed E-state index contributed by atoms with van der Waals surface area (Å²) in [4.78, 5) is 2.23. The molecule has 27 heavy (non-hydrogen) atoms. The second-order valence-electron chi connectivity index (χ2n) is 7.44. The fourth-order valence-electron chi connectivity index (χ4n) is 3.92. The lowest BCUT2D eigenvalue weighted by molar-refractivity contribution is -0.00197. The first-order chi connectivity index (χ1) is 13.0. The van der Waals surface area contributed by atoms with Crippen LogP contribution in [-0.4, -0.2) is 48.0 Å². The van der Waals surface area contributed by atoms with Crippen LogP contribution in [0, 0.1) is 5.82 Å². The third-order valence-electron chi connectivity index (χ3n) is 5.34. The van der Waals surface area contributed by atoms with Crippen LogP contribution in [0.2, 0.25) is 5.02 Å². The summed E-state index contributed by atoms with van der Waals surface area (Å²) >= 11 is 6.09. The Balaban J connectivity index is 1.25. The van der Waals surface area contributed by atoms with Crippen molar-refractivity contribution in [1.82, 2.24) is 4.90 Å². The maximum Gasteiger partial charge on any atom is 0.126 e. The van der Waals surface area contributed by atoms with E-state index >= 15 is 0 Å². The van der Waals surface area contributed by atoms with Gasteiger partial charge in [-0.2, -0.15) is 0 Å². The molecule has 1 atom stereocenters. The molecule has 2 aliphatic heterocycles. The summed E-state index contributed by atoms with van der Waals surface area (Å²) in [5, 5.41) is 11.0. The molecule has 1 N–H and O–H groups in total. The monoisotopic (exact) mass is 391 g/mol. The molecule has 0 radical (unpaired) electrons. The highest BCUT2D eigenvalue weighted by atomic mass is 35.5. The number of hydrogen-bond donors (Lipinski definition) is 1. The SMILES string of the molecule is O[C@H](COc1cccc(F)c1)CN1CCC2(CC1)Cc1cc(Cl)ccc1O2. The molecule has 4 nitrogen and oxygen atoms in total. The summed E-state index contributed by atoms with van der Waals surface area (Å²) in [6.45, 7) is 2.40. The zero-order chi connectivity index (χ0) is 18.9. The number of nitrogens with zero attached hydrogens (tertiary/aromatic N) is 1. The van der Waals surface area contributed by atoms with E-state index in [1.165, 1.54) is 17.7 Å². The van der Waals surface area contributed by atoms with Crippen molar-refractivity contribution in [2.75, 3.05) is 26.2 Å². The third-order valence-corrected chi connectivity index (χ3v) is 5.57. The van der Waals surface area contributed by atoms with Gasteiger partial charge < -0.3 is 19.5 Å². The summed E-state index contributed by atoms with van der Waals surface area (Å²) < 4.78 is 24.9. The number of ether oxygens (including phenoxy) is 2. The molecule has 1 saturated heterocycles. The van der Waals surface area contributed by atoms with Gasteiger partial charge in [0.1, 0.15) is 35.6 Å². The Labute approximate surface area is 163 Å². The van der Waals surface area contributed by atoms with E-state index in [4.69, 9.17) is 21.1 Å². The highest BCUT2D eigenvalue weighted by Gasteiger charge is 2.42. The Kier molecular flexibility index (Phi) is 5.26. The minimum Gasteiger partial charge on any atom is -0.491 e. The second kappa shape index (κ2) is 7.66. The van der Waals surface area contributed by atoms with Crippen LogP contribution in [0.1, 0.15) is 18.4 Å². The fourth-order valence-corrected chi connectivity index (χ4v) is 4.12. The number of fused-ring (bicyclic) bond motifs is 1. The zero-order valence-electron chi connectivity index (χ0n) is 15.0. The number of hydrogen-bond acceptors (Lipinski definition) is 4. The van der Waals surface area contributed by atoms with Crippen LogP contribution in [0.4, 0.5) is 4.39 Å². The quantitative estimate of drug-likeness (QED) is 0.844. The van der Waals surface area contributed by atoms with Crippen molar-refractivity contribution < 1.29 is 19.0 Å². The predicted octanol–water partition coefficient (Wildman–Crippen LogP) is 3.69. The first kappa shape index (κ1) is 18.5. The van der Waals surface area contributed by atoms with Gasteiger partial charge >= 0.3 is 0 Å². The maximum atomic E-state index is 13.2. The van der Waals surface area contributed by atoms with Gasteiger partial charge in [0.05, 0.1) is 0 Å². The number of aliphatic hydroxyl groups is 1. The lowest BCUT2D eigenvalue weighted by atomic mass is 9.87. The number of likely N-dealkylation sites (tertiary alicyclic amines) is 1. The van der Waals surface area contributed by atoms with E-state index in [2.05, 4.69) is 4.90 Å². The van der Waals surface area contributed by atoms with Crippen LogP contribution in [0.25, 0.3) is 0 Å². The normalized spacial score (nSPS) is 19.5. The van der Waals surface area contributed by atoms with Gasteiger partial charge in [0.15, 0.2) is 0 Å². The number of β-amino-alcohol motifs (C(OH)–C–C–N with tert-alkyl or cyclic N) is 1. The van der Waals surface area contributed by atoms with Crippen LogP contribution >= 0.6 is 11.6 Å². The number of benzene rings is 2. The first-order valence-corrected chi connectivity index (χ1v) is 9.65. The highest BCUT2D eigenvalue weighted by molar-refractivity contribution is 6.30. The Bertz CT molecular complexity index is 808. The van der Waals surface area contributed by atoms with Crippen LogP contribution in [0.15, 0.2) is 42.5 Å². The van der Waals surface area contributed by atoms with Crippen molar-refractivity contribution in [2.24, 2.45) is 0 Å². The standard InChI is InChI=1S/C21H23ClFNO3/c22-16-4-5-20-15(10-16)12-21(27-20)6-8-24(9-7-21)13-18(25)14-26-19-3-1-2-17(23)11-19/h1-5,10-11,18,25H,6-9,12-14H2/t18-/m0/s1. The third kappa shape index (κ3) is 4.37. The molecule has 0 aromatic heterocycles. The Morgan fingerprint density at radius 3 is 2.81 bits per heavy atom. The van der Waals surface area contributed by atoms with Gasteiger partial charge in [-0.3, -0.25) is 0 Å². The molecule has 0 saturated carbocycles. The lowest BCUT2D eigenvalue weighted by Gasteiger charge is -2.39. The zero-order valence-corrected chi connectivity index (χ0v) is 15.8. The van der Waals surface area contributed by atoms with E-state index in [1.807, 2.05) is 18.2 Å². The molecular weight excluding hydrogens is 369 g/mol. The number of rotatable bonds is 5. The molecule has 2 aromatic rings. The van der Waals surface area contributed by atoms with Gasteiger partial charge in [-0.05, 0) is 35.9 Å². The first-order valence-electron chi connectivity index (χ1n) is 9.28. The number of aliphatic hydroxyl groups excluding tert-OH is 1. The van der Waals surface area contributed by atoms with Crippen molar-refractivity contribution in [2.45, 2.75) is 31.0 Å². The molecule has 1 fully saturated rings. The summed E-state index contributed by atoms with van der Waals surface area (Å²) in [5.74, 6) is 1.03. The van der Waals surface area contributed by atoms with E-state index in [-0.39, 0.29) is 18.0 Å². The molecule has 144 valence electrons. The molecule has 0 amide bonds. The lowest BCUT2D eigenvalue weighted by Crippen LogP contribution is -2.49. The van der Waals surface area contributed by atoms with E-state index in [0.717, 1.165) is 43.1 Å². The maximum absolute atomic E-state index is 13.2. The van der Waals surface area contributed by atoms with Crippen molar-refractivity contribution >= 4 is 11.6 Å². The second-order valence-corrected chi connectivity index (χ2v) is 7.87. The molecule has 2 aliphatic rings. The van der Waals surface area contributed by atoms with Crippen molar-refractivity contribution in [1.29, 1.82) is 0 Å². The summed E-state index contributed by atoms with van der Waals surface area (Å²) in [6, 6.07) is 11.8. The largest absolute Gasteiger partial charge is 0.491 e. The molecule has 0 bridgehead atoms. The molecule has 2 aromatic carbocycles. The van der Waals surface area contributed by atoms with Crippen LogP contribution in [0.5, 0.6) is 11.5 Å². The minimum absolute atomic E-state index is 0.144. The Morgan fingerprint density at radius 1 is 1.22 bits per heavy atom. The van der Waals surface area contributed by atoms with Crippen LogP contribution in [0.3, 0.4) is 0 Å². The van der Waals surface area contributed by atoms with Gasteiger partial charge in [-0.1, -0.05) is 17.7 Å². The molecule has 6 heteroatoms. The van der Waals surface area contributed by atoms with E-state index in [0.29, 0.717) is 12.3 Å². The molecule has 0 aliphatic carbocycles. The fraction of sp³-hybridized carbons (Fsp3) is 0.429. The van der Waals surface area contributed by atoms with Crippen molar-refractivity contribution in [3.05, 3.63) is 58.9 Å². The van der Waals surface area contributed by atoms with E-state index < -0.39 is 6.10 Å². The van der Waals surface area contributed by atoms with Gasteiger partial charge in [-0.15, -0.1) is 0 Å². The Morgan fingerprint density at radius 2 is 2.04 bits per heavy atom. The van der Waals surface area contributed by atoms with Crippen LogP contribution < -0.4 is 9.47 Å². The molecule has 1 spiro atoms. The highest BCUT2D eigenvalue weighted by Crippen LogP contribution is 2.41. The van der Waals surface area contributed by atoms with Gasteiger partial charge in [0.25, 0.3) is 0 Å². The smallest absolute Gasteiger partial charge is 0.126 e. The van der Waals surface area contributed by atoms with Gasteiger partial charge in [-0.25, -0.2) is 4.39 Å².